The molecule has 0 bridgehead atoms. The summed E-state index contributed by atoms with van der Waals surface area (Å²) in [5.74, 6) is 0.989. The smallest absolute Gasteiger partial charge is 0.327 e. The quantitative estimate of drug-likeness (QED) is 0.724. The van der Waals surface area contributed by atoms with E-state index >= 15 is 0 Å². The van der Waals surface area contributed by atoms with E-state index in [1.807, 2.05) is 12.1 Å². The molecule has 0 unspecified atom stereocenters. The standard InChI is InChI=1S/C9H5N4.Ir/c1-10-8-5-7-13(12-8)9-4-2-3-6-11-9;/h2-6H;/q-1;. The minimum absolute atomic E-state index is 0. The third-order valence-electron chi connectivity index (χ3n) is 1.50. The first-order valence-corrected chi connectivity index (χ1v) is 3.67. The number of hydrogen-bond acceptors (Lipinski definition) is 2. The fraction of sp³-hybridized carbons (Fsp3) is 0. The van der Waals surface area contributed by atoms with Crippen molar-refractivity contribution in [3.63, 3.8) is 0 Å². The van der Waals surface area contributed by atoms with Crippen LogP contribution >= 0.6 is 0 Å². The van der Waals surface area contributed by atoms with Gasteiger partial charge < -0.3 is 4.85 Å². The molecular formula is C9H5IrN4-. The predicted octanol–water partition coefficient (Wildman–Crippen LogP) is 1.62. The Kier molecular flexibility index (Phi) is 3.52. The predicted molar refractivity (Wildman–Crippen MR) is 46.5 cm³/mol. The summed E-state index contributed by atoms with van der Waals surface area (Å²) in [4.78, 5) is 7.24. The van der Waals surface area contributed by atoms with Gasteiger partial charge in [-0.3, -0.25) is 4.98 Å². The molecule has 0 spiro atoms. The summed E-state index contributed by atoms with van der Waals surface area (Å²) in [5, 5.41) is 3.94. The fourth-order valence-corrected chi connectivity index (χ4v) is 0.930. The summed E-state index contributed by atoms with van der Waals surface area (Å²) in [5.41, 5.74) is 0. The van der Waals surface area contributed by atoms with Gasteiger partial charge in [0.25, 0.3) is 0 Å². The molecule has 14 heavy (non-hydrogen) atoms. The molecule has 0 atom stereocenters. The zero-order valence-corrected chi connectivity index (χ0v) is 9.40. The summed E-state index contributed by atoms with van der Waals surface area (Å²) in [6, 6.07) is 7.01. The van der Waals surface area contributed by atoms with Crippen LogP contribution in [0.5, 0.6) is 0 Å². The molecule has 2 aromatic rings. The van der Waals surface area contributed by atoms with E-state index in [0.29, 0.717) is 11.6 Å². The average molecular weight is 361 g/mol. The Morgan fingerprint density at radius 1 is 1.43 bits per heavy atom. The zero-order chi connectivity index (χ0) is 9.10. The van der Waals surface area contributed by atoms with E-state index in [1.165, 1.54) is 10.7 Å². The average Bonchev–Trinajstić information content (AvgIpc) is 2.67. The molecule has 4 nitrogen and oxygen atoms in total. The molecule has 0 saturated carbocycles. The van der Waals surface area contributed by atoms with E-state index in [-0.39, 0.29) is 20.1 Å². The number of rotatable bonds is 1. The van der Waals surface area contributed by atoms with Gasteiger partial charge in [-0.25, -0.2) is 4.68 Å². The Balaban J connectivity index is 0.000000980. The summed E-state index contributed by atoms with van der Waals surface area (Å²) < 4.78 is 1.45. The maximum absolute atomic E-state index is 6.73. The van der Waals surface area contributed by atoms with Crippen LogP contribution in [0.15, 0.2) is 30.5 Å². The molecule has 71 valence electrons. The molecule has 0 aliphatic heterocycles. The maximum Gasteiger partial charge on any atom is 0.327 e. The van der Waals surface area contributed by atoms with Gasteiger partial charge in [-0.1, -0.05) is 18.7 Å². The topological polar surface area (TPSA) is 35.1 Å². The summed E-state index contributed by atoms with van der Waals surface area (Å²) >= 11 is 0. The molecule has 0 aliphatic rings. The number of hydrogen-bond donors (Lipinski definition) is 0. The van der Waals surface area contributed by atoms with Gasteiger partial charge in [0, 0.05) is 26.3 Å². The first-order valence-electron chi connectivity index (χ1n) is 3.67. The van der Waals surface area contributed by atoms with Crippen LogP contribution in [0.4, 0.5) is 5.82 Å². The van der Waals surface area contributed by atoms with E-state index in [9.17, 15) is 0 Å². The van der Waals surface area contributed by atoms with Crippen molar-refractivity contribution in [1.82, 2.24) is 14.8 Å². The minimum atomic E-state index is 0. The summed E-state index contributed by atoms with van der Waals surface area (Å²) in [6.45, 7) is 6.73. The van der Waals surface area contributed by atoms with Crippen LogP contribution in [0.2, 0.25) is 0 Å². The van der Waals surface area contributed by atoms with Crippen molar-refractivity contribution < 1.29 is 20.1 Å². The molecule has 2 aromatic heterocycles. The van der Waals surface area contributed by atoms with Gasteiger partial charge in [-0.05, 0) is 23.4 Å². The van der Waals surface area contributed by atoms with Crippen LogP contribution < -0.4 is 0 Å². The Hall–Kier alpha value is -1.50. The van der Waals surface area contributed by atoms with Gasteiger partial charge in [0.2, 0.25) is 0 Å². The third-order valence-corrected chi connectivity index (χ3v) is 1.50. The van der Waals surface area contributed by atoms with Gasteiger partial charge in [0.1, 0.15) is 0 Å². The Morgan fingerprint density at radius 3 is 2.86 bits per heavy atom. The van der Waals surface area contributed by atoms with Crippen LogP contribution in [0.1, 0.15) is 0 Å². The van der Waals surface area contributed by atoms with E-state index in [4.69, 9.17) is 6.57 Å². The molecule has 0 amide bonds. The van der Waals surface area contributed by atoms with Gasteiger partial charge in [0.05, 0.1) is 5.82 Å². The SMILES string of the molecule is [C-]#[N+]c1c[c-]n(-c2ccccn2)n1.[Ir]. The molecule has 0 aliphatic carbocycles. The van der Waals surface area contributed by atoms with Crippen molar-refractivity contribution in [2.75, 3.05) is 0 Å². The first kappa shape index (κ1) is 10.6. The molecule has 1 radical (unpaired) electrons. The number of nitrogens with zero attached hydrogens (tertiary/aromatic N) is 4. The van der Waals surface area contributed by atoms with Gasteiger partial charge in [-0.2, -0.15) is 0 Å². The molecule has 2 heterocycles. The summed E-state index contributed by atoms with van der Waals surface area (Å²) in [6.07, 6.45) is 4.47. The summed E-state index contributed by atoms with van der Waals surface area (Å²) in [7, 11) is 0. The Labute approximate surface area is 94.8 Å². The van der Waals surface area contributed by atoms with Gasteiger partial charge >= 0.3 is 5.82 Å². The molecular weight excluding hydrogens is 356 g/mol. The Bertz CT molecular complexity index is 443. The number of aromatic nitrogens is 3. The van der Waals surface area contributed by atoms with E-state index in [2.05, 4.69) is 21.1 Å². The zero-order valence-electron chi connectivity index (χ0n) is 7.01. The van der Waals surface area contributed by atoms with Crippen molar-refractivity contribution in [2.45, 2.75) is 0 Å². The van der Waals surface area contributed by atoms with Crippen LogP contribution in [0.3, 0.4) is 0 Å². The maximum atomic E-state index is 6.73. The van der Waals surface area contributed by atoms with Crippen LogP contribution in [-0.2, 0) is 20.1 Å². The van der Waals surface area contributed by atoms with E-state index < -0.39 is 0 Å². The minimum Gasteiger partial charge on any atom is -0.330 e. The van der Waals surface area contributed by atoms with Crippen LogP contribution in [-0.4, -0.2) is 14.8 Å². The van der Waals surface area contributed by atoms with Crippen molar-refractivity contribution in [3.05, 3.63) is 48.1 Å². The first-order chi connectivity index (χ1) is 6.40. The monoisotopic (exact) mass is 362 g/mol. The van der Waals surface area contributed by atoms with E-state index in [0.717, 1.165) is 0 Å². The van der Waals surface area contributed by atoms with Crippen molar-refractivity contribution in [1.29, 1.82) is 0 Å². The fourth-order valence-electron chi connectivity index (χ4n) is 0.930. The van der Waals surface area contributed by atoms with Gasteiger partial charge in [-0.15, -0.1) is 0 Å². The second-order valence-electron chi connectivity index (χ2n) is 2.34. The van der Waals surface area contributed by atoms with Crippen molar-refractivity contribution in [3.8, 4) is 5.82 Å². The molecule has 2 rings (SSSR count). The molecule has 5 heteroatoms. The molecule has 0 aromatic carbocycles. The van der Waals surface area contributed by atoms with Crippen LogP contribution in [0, 0.1) is 12.8 Å². The van der Waals surface area contributed by atoms with E-state index in [1.54, 1.807) is 12.3 Å². The third kappa shape index (κ3) is 2.05. The van der Waals surface area contributed by atoms with Crippen molar-refractivity contribution in [2.24, 2.45) is 0 Å². The molecule has 0 N–H and O–H groups in total. The van der Waals surface area contributed by atoms with Gasteiger partial charge in [0.15, 0.2) is 0 Å². The molecule has 0 saturated heterocycles. The second kappa shape index (κ2) is 4.66. The van der Waals surface area contributed by atoms with Crippen LogP contribution in [0.25, 0.3) is 10.7 Å². The number of pyridine rings is 1. The Morgan fingerprint density at radius 2 is 2.29 bits per heavy atom. The largest absolute Gasteiger partial charge is 0.330 e. The normalized spacial score (nSPS) is 8.79. The second-order valence-corrected chi connectivity index (χ2v) is 2.34. The van der Waals surface area contributed by atoms with Crippen molar-refractivity contribution >= 4 is 5.82 Å². The molecule has 0 fully saturated rings.